The first-order chi connectivity index (χ1) is 7.04. The van der Waals surface area contributed by atoms with E-state index in [0.717, 1.165) is 7.57 Å². The Kier molecular flexibility index (Phi) is 5.42. The molecule has 1 aromatic heterocycles. The number of aliphatic hydroxyl groups is 1. The zero-order valence-corrected chi connectivity index (χ0v) is 12.2. The molecule has 0 aromatic carbocycles. The van der Waals surface area contributed by atoms with Crippen molar-refractivity contribution in [3.8, 4) is 0 Å². The van der Waals surface area contributed by atoms with Crippen LogP contribution in [0.15, 0.2) is 13.6 Å². The van der Waals surface area contributed by atoms with E-state index in [1.54, 1.807) is 4.90 Å². The third-order valence-electron chi connectivity index (χ3n) is 1.85. The lowest BCUT2D eigenvalue weighted by Gasteiger charge is -2.13. The summed E-state index contributed by atoms with van der Waals surface area (Å²) < 4.78 is 1.78. The summed E-state index contributed by atoms with van der Waals surface area (Å²) in [4.78, 5) is 13.6. The van der Waals surface area contributed by atoms with Gasteiger partial charge in [0.25, 0.3) is 0 Å². The van der Waals surface area contributed by atoms with E-state index in [0.29, 0.717) is 18.7 Å². The average molecular weight is 357 g/mol. The number of nitrogens with zero attached hydrogens (tertiary/aromatic N) is 1. The van der Waals surface area contributed by atoms with Gasteiger partial charge in [-0.25, -0.2) is 0 Å². The molecule has 0 unspecified atom stereocenters. The first kappa shape index (κ1) is 13.3. The van der Waals surface area contributed by atoms with Gasteiger partial charge >= 0.3 is 0 Å². The molecule has 15 heavy (non-hydrogen) atoms. The Labute approximate surface area is 109 Å². The Hall–Kier alpha value is 0.250. The maximum Gasteiger partial charge on any atom is 0.178 e. The molecule has 1 rings (SSSR count). The molecular weight excluding hydrogens is 346 g/mol. The molecule has 1 N–H and O–H groups in total. The molecule has 84 valence electrons. The summed E-state index contributed by atoms with van der Waals surface area (Å²) in [5.74, 6) is 0.0553. The molecular formula is C9H11Br2NO2S. The molecule has 1 heterocycles. The van der Waals surface area contributed by atoms with Crippen molar-refractivity contribution < 1.29 is 9.90 Å². The highest BCUT2D eigenvalue weighted by Crippen LogP contribution is 2.32. The monoisotopic (exact) mass is 355 g/mol. The second kappa shape index (κ2) is 6.10. The van der Waals surface area contributed by atoms with Crippen molar-refractivity contribution in [3.05, 3.63) is 19.2 Å². The van der Waals surface area contributed by atoms with Gasteiger partial charge in [-0.1, -0.05) is 0 Å². The largest absolute Gasteiger partial charge is 0.395 e. The molecule has 0 bridgehead atoms. The van der Waals surface area contributed by atoms with E-state index in [-0.39, 0.29) is 12.4 Å². The highest BCUT2D eigenvalue weighted by Gasteiger charge is 2.15. The van der Waals surface area contributed by atoms with Crippen molar-refractivity contribution >= 4 is 49.0 Å². The normalized spacial score (nSPS) is 11.0. The summed E-state index contributed by atoms with van der Waals surface area (Å²) in [5, 5.41) is 8.71. The Morgan fingerprint density at radius 3 is 2.73 bits per heavy atom. The number of ketones is 1. The molecule has 0 radical (unpaired) electrons. The van der Waals surface area contributed by atoms with E-state index in [1.165, 1.54) is 11.3 Å². The number of Topliss-reactive ketones (excluding diaryl/α,β-unsaturated/α-hetero) is 1. The standard InChI is InChI=1S/C9H11Br2NO2S/c1-12(2-3-13)5-7(14)6-4-8(10)15-9(6)11/h4,13H,2-3,5H2,1H3. The van der Waals surface area contributed by atoms with Crippen LogP contribution >= 0.6 is 43.2 Å². The van der Waals surface area contributed by atoms with Crippen LogP contribution < -0.4 is 0 Å². The topological polar surface area (TPSA) is 40.5 Å². The van der Waals surface area contributed by atoms with Crippen LogP contribution in [0.3, 0.4) is 0 Å². The quantitative estimate of drug-likeness (QED) is 0.823. The van der Waals surface area contributed by atoms with Crippen LogP contribution in [-0.2, 0) is 0 Å². The molecule has 3 nitrogen and oxygen atoms in total. The van der Waals surface area contributed by atoms with E-state index in [4.69, 9.17) is 5.11 Å². The van der Waals surface area contributed by atoms with Crippen molar-refractivity contribution in [3.63, 3.8) is 0 Å². The van der Waals surface area contributed by atoms with Gasteiger partial charge in [0.05, 0.1) is 20.7 Å². The SMILES string of the molecule is CN(CCO)CC(=O)c1cc(Br)sc1Br. The molecule has 0 aliphatic carbocycles. The Morgan fingerprint density at radius 1 is 1.60 bits per heavy atom. The zero-order valence-electron chi connectivity index (χ0n) is 8.17. The van der Waals surface area contributed by atoms with E-state index in [2.05, 4.69) is 31.9 Å². The highest BCUT2D eigenvalue weighted by molar-refractivity contribution is 9.12. The van der Waals surface area contributed by atoms with Crippen molar-refractivity contribution in [1.29, 1.82) is 0 Å². The maximum absolute atomic E-state index is 11.8. The van der Waals surface area contributed by atoms with Crippen molar-refractivity contribution in [2.45, 2.75) is 0 Å². The van der Waals surface area contributed by atoms with Gasteiger partial charge in [-0.2, -0.15) is 0 Å². The van der Waals surface area contributed by atoms with Crippen LogP contribution in [0.2, 0.25) is 0 Å². The fourth-order valence-electron chi connectivity index (χ4n) is 1.11. The summed E-state index contributed by atoms with van der Waals surface area (Å²) in [5.41, 5.74) is 0.691. The summed E-state index contributed by atoms with van der Waals surface area (Å²) in [7, 11) is 1.81. The Bertz CT molecular complexity index is 354. The molecule has 0 aliphatic heterocycles. The molecule has 0 saturated heterocycles. The van der Waals surface area contributed by atoms with E-state index < -0.39 is 0 Å². The molecule has 0 aliphatic rings. The summed E-state index contributed by atoms with van der Waals surface area (Å²) in [6.07, 6.45) is 0. The summed E-state index contributed by atoms with van der Waals surface area (Å²) >= 11 is 8.16. The van der Waals surface area contributed by atoms with Gasteiger partial charge in [-0.15, -0.1) is 11.3 Å². The van der Waals surface area contributed by atoms with E-state index in [9.17, 15) is 4.79 Å². The number of hydrogen-bond donors (Lipinski definition) is 1. The lowest BCUT2D eigenvalue weighted by atomic mass is 10.2. The third kappa shape index (κ3) is 3.96. The van der Waals surface area contributed by atoms with Crippen LogP contribution in [-0.4, -0.2) is 42.5 Å². The molecule has 0 atom stereocenters. The number of likely N-dealkylation sites (N-methyl/N-ethyl adjacent to an activating group) is 1. The summed E-state index contributed by atoms with van der Waals surface area (Å²) in [6.45, 7) is 0.898. The average Bonchev–Trinajstić information content (AvgIpc) is 2.45. The van der Waals surface area contributed by atoms with Crippen LogP contribution in [0, 0.1) is 0 Å². The van der Waals surface area contributed by atoms with Crippen LogP contribution in [0.25, 0.3) is 0 Å². The predicted octanol–water partition coefficient (Wildman–Crippen LogP) is 2.38. The first-order valence-electron chi connectivity index (χ1n) is 4.32. The van der Waals surface area contributed by atoms with Crippen molar-refractivity contribution in [2.75, 3.05) is 26.7 Å². The maximum atomic E-state index is 11.8. The molecule has 0 amide bonds. The lowest BCUT2D eigenvalue weighted by Crippen LogP contribution is -2.28. The second-order valence-corrected chi connectivity index (χ2v) is 6.87. The molecule has 6 heteroatoms. The first-order valence-corrected chi connectivity index (χ1v) is 6.72. The zero-order chi connectivity index (χ0) is 11.4. The minimum Gasteiger partial charge on any atom is -0.395 e. The number of rotatable bonds is 5. The van der Waals surface area contributed by atoms with E-state index in [1.807, 2.05) is 13.1 Å². The smallest absolute Gasteiger partial charge is 0.178 e. The Balaban J connectivity index is 2.65. The van der Waals surface area contributed by atoms with Crippen molar-refractivity contribution in [2.24, 2.45) is 0 Å². The third-order valence-corrected chi connectivity index (χ3v) is 4.19. The number of halogens is 2. The minimum absolute atomic E-state index is 0.0553. The number of aliphatic hydroxyl groups excluding tert-OH is 1. The van der Waals surface area contributed by atoms with Crippen LogP contribution in [0.1, 0.15) is 10.4 Å². The van der Waals surface area contributed by atoms with Crippen LogP contribution in [0.5, 0.6) is 0 Å². The molecule has 0 saturated carbocycles. The fourth-order valence-corrected chi connectivity index (χ4v) is 3.97. The number of carbonyl (C=O) groups excluding carboxylic acids is 1. The van der Waals surface area contributed by atoms with Crippen LogP contribution in [0.4, 0.5) is 0 Å². The van der Waals surface area contributed by atoms with Gasteiger partial charge in [0.2, 0.25) is 0 Å². The van der Waals surface area contributed by atoms with Gasteiger partial charge in [0.15, 0.2) is 5.78 Å². The molecule has 0 spiro atoms. The highest BCUT2D eigenvalue weighted by atomic mass is 79.9. The molecule has 0 fully saturated rings. The number of carbonyl (C=O) groups is 1. The number of thiophene rings is 1. The van der Waals surface area contributed by atoms with Gasteiger partial charge in [0, 0.05) is 12.1 Å². The minimum atomic E-state index is 0.0553. The lowest BCUT2D eigenvalue weighted by molar-refractivity contribution is 0.0935. The van der Waals surface area contributed by atoms with Gasteiger partial charge in [-0.05, 0) is 45.0 Å². The molecule has 1 aromatic rings. The van der Waals surface area contributed by atoms with Crippen molar-refractivity contribution in [1.82, 2.24) is 4.90 Å². The number of hydrogen-bond acceptors (Lipinski definition) is 4. The van der Waals surface area contributed by atoms with E-state index >= 15 is 0 Å². The van der Waals surface area contributed by atoms with Gasteiger partial charge < -0.3 is 5.11 Å². The predicted molar refractivity (Wildman–Crippen MR) is 68.6 cm³/mol. The van der Waals surface area contributed by atoms with Gasteiger partial charge in [-0.3, -0.25) is 9.69 Å². The fraction of sp³-hybridized carbons (Fsp3) is 0.444. The second-order valence-electron chi connectivity index (χ2n) is 3.12. The summed E-state index contributed by atoms with van der Waals surface area (Å²) in [6, 6.07) is 1.81. The Morgan fingerprint density at radius 2 is 2.27 bits per heavy atom. The van der Waals surface area contributed by atoms with Gasteiger partial charge in [0.1, 0.15) is 0 Å².